The van der Waals surface area contributed by atoms with Gasteiger partial charge in [-0.15, -0.1) is 0 Å². The number of imidazole rings is 1. The number of rotatable bonds is 4. The Morgan fingerprint density at radius 1 is 1.10 bits per heavy atom. The summed E-state index contributed by atoms with van der Waals surface area (Å²) in [6, 6.07) is 7.02. The molecule has 3 rings (SSSR count). The number of nitrogens with zero attached hydrogens (tertiary/aromatic N) is 2. The lowest BCUT2D eigenvalue weighted by Gasteiger charge is -2.13. The molecule has 0 amide bonds. The summed E-state index contributed by atoms with van der Waals surface area (Å²) in [6.45, 7) is 0. The topological polar surface area (TPSA) is 78.9 Å². The number of aromatic nitrogens is 3. The third-order valence-electron chi connectivity index (χ3n) is 3.91. The van der Waals surface area contributed by atoms with E-state index < -0.39 is 23.9 Å². The Labute approximate surface area is 171 Å². The lowest BCUT2D eigenvalue weighted by atomic mass is 9.99. The van der Waals surface area contributed by atoms with E-state index in [1.165, 1.54) is 12.1 Å². The van der Waals surface area contributed by atoms with Crippen molar-refractivity contribution in [3.63, 3.8) is 0 Å². The minimum atomic E-state index is -5.08. The van der Waals surface area contributed by atoms with Crippen molar-refractivity contribution in [3.8, 4) is 0 Å². The third-order valence-corrected chi connectivity index (χ3v) is 4.36. The SMILES string of the molecule is FC(F)(F)c1ccc(C[C@H](CS)c2nc3ccncc3[nH]2)cc1.O=C(O)C(F)(F)F. The summed E-state index contributed by atoms with van der Waals surface area (Å²) in [4.78, 5) is 20.6. The number of nitrogens with one attached hydrogen (secondary N) is 1. The van der Waals surface area contributed by atoms with E-state index in [2.05, 4.69) is 27.6 Å². The molecule has 0 radical (unpaired) electrons. The van der Waals surface area contributed by atoms with Crippen molar-refractivity contribution < 1.29 is 36.2 Å². The van der Waals surface area contributed by atoms with Crippen LogP contribution >= 0.6 is 12.6 Å². The minimum Gasteiger partial charge on any atom is -0.475 e. The highest BCUT2D eigenvalue weighted by molar-refractivity contribution is 7.80. The minimum absolute atomic E-state index is 0.0116. The molecule has 1 aromatic carbocycles. The highest BCUT2D eigenvalue weighted by atomic mass is 32.1. The number of carbonyl (C=O) groups is 1. The Balaban J connectivity index is 0.000000396. The number of halogens is 6. The Morgan fingerprint density at radius 3 is 2.17 bits per heavy atom. The lowest BCUT2D eigenvalue weighted by molar-refractivity contribution is -0.192. The number of fused-ring (bicyclic) bond motifs is 1. The van der Waals surface area contributed by atoms with E-state index in [0.29, 0.717) is 12.2 Å². The molecule has 162 valence electrons. The van der Waals surface area contributed by atoms with Gasteiger partial charge in [0.1, 0.15) is 5.82 Å². The van der Waals surface area contributed by atoms with Crippen molar-refractivity contribution in [2.45, 2.75) is 24.7 Å². The van der Waals surface area contributed by atoms with Crippen molar-refractivity contribution in [1.29, 1.82) is 0 Å². The van der Waals surface area contributed by atoms with Crippen LogP contribution in [0.5, 0.6) is 0 Å². The molecule has 0 bridgehead atoms. The van der Waals surface area contributed by atoms with Crippen LogP contribution in [0.15, 0.2) is 42.7 Å². The maximum atomic E-state index is 12.6. The van der Waals surface area contributed by atoms with Gasteiger partial charge >= 0.3 is 18.3 Å². The molecule has 1 atom stereocenters. The van der Waals surface area contributed by atoms with Gasteiger partial charge < -0.3 is 10.1 Å². The molecule has 2 aromatic heterocycles. The molecule has 0 spiro atoms. The van der Waals surface area contributed by atoms with Gasteiger partial charge in [-0.1, -0.05) is 12.1 Å². The second-order valence-electron chi connectivity index (χ2n) is 6.10. The summed E-state index contributed by atoms with van der Waals surface area (Å²) >= 11 is 4.35. The molecule has 0 aliphatic heterocycles. The van der Waals surface area contributed by atoms with E-state index >= 15 is 0 Å². The quantitative estimate of drug-likeness (QED) is 0.391. The molecule has 12 heteroatoms. The smallest absolute Gasteiger partial charge is 0.475 e. The number of carboxylic acid groups (broad SMARTS) is 1. The molecule has 3 aromatic rings. The number of alkyl halides is 6. The fourth-order valence-corrected chi connectivity index (χ4v) is 2.73. The first-order chi connectivity index (χ1) is 13.9. The second kappa shape index (κ2) is 9.37. The number of benzene rings is 1. The number of aromatic amines is 1. The molecular formula is C18H15F6N3O2S. The summed E-state index contributed by atoms with van der Waals surface area (Å²) in [5.74, 6) is -1.47. The highest BCUT2D eigenvalue weighted by Crippen LogP contribution is 2.30. The van der Waals surface area contributed by atoms with E-state index in [1.54, 1.807) is 12.4 Å². The van der Waals surface area contributed by atoms with Gasteiger partial charge in [-0.05, 0) is 30.2 Å². The van der Waals surface area contributed by atoms with Gasteiger partial charge in [0.2, 0.25) is 0 Å². The largest absolute Gasteiger partial charge is 0.490 e. The molecule has 5 nitrogen and oxygen atoms in total. The number of aliphatic carboxylic acids is 1. The summed E-state index contributed by atoms with van der Waals surface area (Å²) in [5, 5.41) is 7.12. The average Bonchev–Trinajstić information content (AvgIpc) is 3.09. The van der Waals surface area contributed by atoms with Gasteiger partial charge in [0.05, 0.1) is 22.8 Å². The zero-order valence-corrected chi connectivity index (χ0v) is 15.9. The Bertz CT molecular complexity index is 953. The maximum Gasteiger partial charge on any atom is 0.490 e. The summed E-state index contributed by atoms with van der Waals surface area (Å²) in [5.41, 5.74) is 1.82. The van der Waals surface area contributed by atoms with Crippen LogP contribution in [0.4, 0.5) is 26.3 Å². The molecule has 2 heterocycles. The number of pyridine rings is 1. The molecule has 0 saturated carbocycles. The summed E-state index contributed by atoms with van der Waals surface area (Å²) in [7, 11) is 0. The monoisotopic (exact) mass is 451 g/mol. The zero-order valence-electron chi connectivity index (χ0n) is 15.0. The van der Waals surface area contributed by atoms with Crippen molar-refractivity contribution in [3.05, 3.63) is 59.7 Å². The van der Waals surface area contributed by atoms with Crippen molar-refractivity contribution >= 4 is 29.6 Å². The molecule has 2 N–H and O–H groups in total. The maximum absolute atomic E-state index is 12.6. The predicted molar refractivity (Wildman–Crippen MR) is 99.3 cm³/mol. The number of carboxylic acids is 1. The van der Waals surface area contributed by atoms with Crippen molar-refractivity contribution in [2.24, 2.45) is 0 Å². The van der Waals surface area contributed by atoms with E-state index in [9.17, 15) is 26.3 Å². The van der Waals surface area contributed by atoms with Crippen molar-refractivity contribution in [2.75, 3.05) is 5.75 Å². The first-order valence-corrected chi connectivity index (χ1v) is 8.91. The van der Waals surface area contributed by atoms with Crippen LogP contribution in [-0.4, -0.2) is 38.0 Å². The third kappa shape index (κ3) is 6.37. The van der Waals surface area contributed by atoms with E-state index in [1.807, 2.05) is 6.07 Å². The van der Waals surface area contributed by atoms with Gasteiger partial charge in [0.25, 0.3) is 0 Å². The van der Waals surface area contributed by atoms with Gasteiger partial charge in [0.15, 0.2) is 0 Å². The summed E-state index contributed by atoms with van der Waals surface area (Å²) in [6.07, 6.45) is -5.47. The Hall–Kier alpha value is -2.76. The molecule has 0 unspecified atom stereocenters. The van der Waals surface area contributed by atoms with E-state index in [4.69, 9.17) is 9.90 Å². The predicted octanol–water partition coefficient (Wildman–Crippen LogP) is 4.87. The van der Waals surface area contributed by atoms with Gasteiger partial charge in [-0.25, -0.2) is 9.78 Å². The van der Waals surface area contributed by atoms with Gasteiger partial charge in [0, 0.05) is 17.9 Å². The Morgan fingerprint density at radius 2 is 1.70 bits per heavy atom. The molecule has 0 fully saturated rings. The van der Waals surface area contributed by atoms with Gasteiger partial charge in [-0.3, -0.25) is 4.98 Å². The van der Waals surface area contributed by atoms with Gasteiger partial charge in [-0.2, -0.15) is 39.0 Å². The zero-order chi connectivity index (χ0) is 22.5. The van der Waals surface area contributed by atoms with Crippen LogP contribution in [0.1, 0.15) is 22.9 Å². The standard InChI is InChI=1S/C16H14F3N3S.C2HF3O2/c17-16(18,19)12-3-1-10(2-4-12)7-11(9-23)15-21-13-5-6-20-8-14(13)22-15;3-2(4,5)1(6)7/h1-6,8,11,23H,7,9H2,(H,21,22);(H,6,7)/t11-;/m1./s1. The highest BCUT2D eigenvalue weighted by Gasteiger charge is 2.38. The number of hydrogen-bond acceptors (Lipinski definition) is 4. The number of thiol groups is 1. The van der Waals surface area contributed by atoms with Crippen molar-refractivity contribution in [1.82, 2.24) is 15.0 Å². The van der Waals surface area contributed by atoms with Crippen LogP contribution in [0, 0.1) is 0 Å². The van der Waals surface area contributed by atoms with Crippen LogP contribution in [0.3, 0.4) is 0 Å². The van der Waals surface area contributed by atoms with Crippen LogP contribution in [0.25, 0.3) is 11.0 Å². The Kier molecular flexibility index (Phi) is 7.34. The normalized spacial score (nSPS) is 12.9. The molecule has 0 aliphatic carbocycles. The van der Waals surface area contributed by atoms with Crippen LogP contribution < -0.4 is 0 Å². The van der Waals surface area contributed by atoms with Crippen LogP contribution in [-0.2, 0) is 17.4 Å². The van der Waals surface area contributed by atoms with E-state index in [-0.39, 0.29) is 5.92 Å². The summed E-state index contributed by atoms with van der Waals surface area (Å²) < 4.78 is 69.5. The molecule has 0 aliphatic rings. The van der Waals surface area contributed by atoms with Crippen LogP contribution in [0.2, 0.25) is 0 Å². The molecular weight excluding hydrogens is 436 g/mol. The number of hydrogen-bond donors (Lipinski definition) is 3. The molecule has 0 saturated heterocycles. The fourth-order valence-electron chi connectivity index (χ4n) is 2.43. The lowest BCUT2D eigenvalue weighted by Crippen LogP contribution is -2.21. The molecule has 30 heavy (non-hydrogen) atoms. The average molecular weight is 451 g/mol. The first-order valence-electron chi connectivity index (χ1n) is 8.28. The fraction of sp³-hybridized carbons (Fsp3) is 0.278. The first kappa shape index (κ1) is 23.5. The second-order valence-corrected chi connectivity index (χ2v) is 6.46. The van der Waals surface area contributed by atoms with E-state index in [0.717, 1.165) is 34.6 Å². The number of H-pyrrole nitrogens is 1.